The van der Waals surface area contributed by atoms with Crippen LogP contribution in [0.2, 0.25) is 0 Å². The average molecular weight is 333 g/mol. The maximum absolute atomic E-state index is 12.7. The van der Waals surface area contributed by atoms with Crippen LogP contribution < -0.4 is 10.6 Å². The molecular formula is C13H14F3N3O4. The first-order chi connectivity index (χ1) is 10.6. The number of benzene rings is 1. The summed E-state index contributed by atoms with van der Waals surface area (Å²) in [7, 11) is 0. The third-order valence-electron chi connectivity index (χ3n) is 3.59. The molecule has 1 saturated heterocycles. The number of rotatable bonds is 3. The second kappa shape index (κ2) is 6.03. The lowest BCUT2D eigenvalue weighted by molar-refractivity contribution is -0.384. The van der Waals surface area contributed by atoms with E-state index in [1.807, 2.05) is 0 Å². The summed E-state index contributed by atoms with van der Waals surface area (Å²) < 4.78 is 43.5. The van der Waals surface area contributed by atoms with Crippen LogP contribution in [0.15, 0.2) is 18.2 Å². The van der Waals surface area contributed by atoms with E-state index in [-0.39, 0.29) is 18.8 Å². The Morgan fingerprint density at radius 1 is 1.48 bits per heavy atom. The van der Waals surface area contributed by atoms with Crippen molar-refractivity contribution in [3.8, 4) is 0 Å². The van der Waals surface area contributed by atoms with Gasteiger partial charge in [0, 0.05) is 12.6 Å². The van der Waals surface area contributed by atoms with Gasteiger partial charge in [0.05, 0.1) is 23.2 Å². The normalized spacial score (nSPS) is 22.0. The van der Waals surface area contributed by atoms with Crippen LogP contribution in [0.25, 0.3) is 0 Å². The van der Waals surface area contributed by atoms with Crippen molar-refractivity contribution in [2.75, 3.05) is 18.1 Å². The van der Waals surface area contributed by atoms with Crippen LogP contribution in [-0.2, 0) is 15.7 Å². The summed E-state index contributed by atoms with van der Waals surface area (Å²) in [6, 6.07) is 1.17. The van der Waals surface area contributed by atoms with Gasteiger partial charge < -0.3 is 15.4 Å². The molecule has 1 amide bonds. The van der Waals surface area contributed by atoms with Gasteiger partial charge in [-0.2, -0.15) is 13.2 Å². The van der Waals surface area contributed by atoms with Crippen LogP contribution in [0, 0.1) is 10.1 Å². The van der Waals surface area contributed by atoms with Crippen molar-refractivity contribution >= 4 is 17.3 Å². The summed E-state index contributed by atoms with van der Waals surface area (Å²) in [6.45, 7) is 1.84. The molecule has 2 atom stereocenters. The summed E-state index contributed by atoms with van der Waals surface area (Å²) >= 11 is 0. The highest BCUT2D eigenvalue weighted by Gasteiger charge is 2.39. The third kappa shape index (κ3) is 3.36. The highest BCUT2D eigenvalue weighted by molar-refractivity contribution is 5.86. The molecule has 10 heteroatoms. The zero-order valence-corrected chi connectivity index (χ0v) is 12.0. The van der Waals surface area contributed by atoms with Crippen LogP contribution in [0.4, 0.5) is 24.5 Å². The number of morpholine rings is 1. The highest BCUT2D eigenvalue weighted by Crippen LogP contribution is 2.38. The van der Waals surface area contributed by atoms with Crippen LogP contribution in [-0.4, -0.2) is 36.1 Å². The van der Waals surface area contributed by atoms with Crippen LogP contribution in [0.3, 0.4) is 0 Å². The van der Waals surface area contributed by atoms with Crippen molar-refractivity contribution in [2.45, 2.75) is 25.2 Å². The van der Waals surface area contributed by atoms with Gasteiger partial charge in [0.15, 0.2) is 0 Å². The number of carbonyl (C=O) groups is 1. The molecule has 126 valence electrons. The predicted octanol–water partition coefficient (Wildman–Crippen LogP) is 1.69. The van der Waals surface area contributed by atoms with E-state index < -0.39 is 40.4 Å². The van der Waals surface area contributed by atoms with E-state index >= 15 is 0 Å². The van der Waals surface area contributed by atoms with E-state index in [0.717, 1.165) is 12.1 Å². The van der Waals surface area contributed by atoms with Crippen molar-refractivity contribution in [2.24, 2.45) is 5.73 Å². The number of carbonyl (C=O) groups excluding carboxylic acids is 1. The van der Waals surface area contributed by atoms with Crippen molar-refractivity contribution in [3.63, 3.8) is 0 Å². The minimum absolute atomic E-state index is 0.0954. The zero-order valence-electron chi connectivity index (χ0n) is 12.0. The topological polar surface area (TPSA) is 98.7 Å². The van der Waals surface area contributed by atoms with E-state index in [4.69, 9.17) is 10.5 Å². The number of nitro groups is 1. The van der Waals surface area contributed by atoms with Gasteiger partial charge in [-0.3, -0.25) is 14.9 Å². The van der Waals surface area contributed by atoms with Crippen molar-refractivity contribution in [3.05, 3.63) is 33.9 Å². The maximum atomic E-state index is 12.7. The Balaban J connectivity index is 2.53. The standard InChI is InChI=1S/C13H14F3N3O4/c1-7-11(12(17)20)18(4-5-23-7)9-3-2-8(13(14,15)16)6-10(9)19(21)22/h2-3,6-7,11H,4-5H2,1H3,(H2,17,20)/t7-,11+/m1/s1. The summed E-state index contributed by atoms with van der Waals surface area (Å²) in [5.41, 5.74) is 3.33. The summed E-state index contributed by atoms with van der Waals surface area (Å²) in [6.07, 6.45) is -5.34. The molecule has 7 nitrogen and oxygen atoms in total. The summed E-state index contributed by atoms with van der Waals surface area (Å²) in [5.74, 6) is -0.772. The van der Waals surface area contributed by atoms with E-state index in [0.29, 0.717) is 6.07 Å². The van der Waals surface area contributed by atoms with Gasteiger partial charge in [-0.25, -0.2) is 0 Å². The molecular weight excluding hydrogens is 319 g/mol. The predicted molar refractivity (Wildman–Crippen MR) is 73.8 cm³/mol. The lowest BCUT2D eigenvalue weighted by Crippen LogP contribution is -2.57. The number of nitrogens with zero attached hydrogens (tertiary/aromatic N) is 2. The molecule has 0 spiro atoms. The van der Waals surface area contributed by atoms with Gasteiger partial charge in [-0.15, -0.1) is 0 Å². The number of nitrogens with two attached hydrogens (primary N) is 1. The summed E-state index contributed by atoms with van der Waals surface area (Å²) in [4.78, 5) is 23.2. The first kappa shape index (κ1) is 17.0. The minimum Gasteiger partial charge on any atom is -0.374 e. The van der Waals surface area contributed by atoms with E-state index in [9.17, 15) is 28.1 Å². The fourth-order valence-corrected chi connectivity index (χ4v) is 2.56. The fraction of sp³-hybridized carbons (Fsp3) is 0.462. The van der Waals surface area contributed by atoms with E-state index in [2.05, 4.69) is 0 Å². The van der Waals surface area contributed by atoms with Gasteiger partial charge in [0.25, 0.3) is 5.69 Å². The second-order valence-electron chi connectivity index (χ2n) is 5.07. The Kier molecular flexibility index (Phi) is 4.46. The molecule has 0 bridgehead atoms. The lowest BCUT2D eigenvalue weighted by atomic mass is 10.0. The van der Waals surface area contributed by atoms with Crippen LogP contribution >= 0.6 is 0 Å². The molecule has 0 saturated carbocycles. The van der Waals surface area contributed by atoms with Gasteiger partial charge >= 0.3 is 6.18 Å². The number of hydrogen-bond acceptors (Lipinski definition) is 5. The molecule has 23 heavy (non-hydrogen) atoms. The number of halogens is 3. The first-order valence-electron chi connectivity index (χ1n) is 6.66. The van der Waals surface area contributed by atoms with Crippen molar-refractivity contribution in [1.82, 2.24) is 0 Å². The smallest absolute Gasteiger partial charge is 0.374 e. The second-order valence-corrected chi connectivity index (χ2v) is 5.07. The number of anilines is 1. The first-order valence-corrected chi connectivity index (χ1v) is 6.66. The Labute approximate surface area is 129 Å². The molecule has 1 heterocycles. The average Bonchev–Trinajstić information content (AvgIpc) is 2.44. The Hall–Kier alpha value is -2.36. The van der Waals surface area contributed by atoms with Crippen molar-refractivity contribution < 1.29 is 27.6 Å². The molecule has 0 aromatic heterocycles. The molecule has 1 aliphatic rings. The van der Waals surface area contributed by atoms with Crippen LogP contribution in [0.5, 0.6) is 0 Å². The number of nitro benzene ring substituents is 1. The molecule has 2 N–H and O–H groups in total. The molecule has 1 fully saturated rings. The van der Waals surface area contributed by atoms with Gasteiger partial charge in [-0.05, 0) is 19.1 Å². The number of primary amides is 1. The molecule has 1 aromatic carbocycles. The summed E-state index contributed by atoms with van der Waals surface area (Å²) in [5, 5.41) is 11.2. The van der Waals surface area contributed by atoms with Crippen LogP contribution in [0.1, 0.15) is 12.5 Å². The molecule has 0 unspecified atom stereocenters. The Bertz CT molecular complexity index is 635. The van der Waals surface area contributed by atoms with Gasteiger partial charge in [0.2, 0.25) is 5.91 Å². The van der Waals surface area contributed by atoms with E-state index in [1.54, 1.807) is 6.92 Å². The largest absolute Gasteiger partial charge is 0.416 e. The number of ether oxygens (including phenoxy) is 1. The minimum atomic E-state index is -4.70. The molecule has 1 aromatic rings. The number of alkyl halides is 3. The Morgan fingerprint density at radius 2 is 2.13 bits per heavy atom. The molecule has 0 radical (unpaired) electrons. The van der Waals surface area contributed by atoms with Crippen molar-refractivity contribution in [1.29, 1.82) is 0 Å². The highest BCUT2D eigenvalue weighted by atomic mass is 19.4. The molecule has 2 rings (SSSR count). The lowest BCUT2D eigenvalue weighted by Gasteiger charge is -2.39. The number of hydrogen-bond donors (Lipinski definition) is 1. The third-order valence-corrected chi connectivity index (χ3v) is 3.59. The quantitative estimate of drug-likeness (QED) is 0.670. The maximum Gasteiger partial charge on any atom is 0.416 e. The monoisotopic (exact) mass is 333 g/mol. The molecule has 1 aliphatic heterocycles. The van der Waals surface area contributed by atoms with Gasteiger partial charge in [0.1, 0.15) is 11.7 Å². The number of amides is 1. The van der Waals surface area contributed by atoms with E-state index in [1.165, 1.54) is 4.90 Å². The zero-order chi connectivity index (χ0) is 17.4. The Morgan fingerprint density at radius 3 is 2.65 bits per heavy atom. The fourth-order valence-electron chi connectivity index (χ4n) is 2.56. The molecule has 0 aliphatic carbocycles. The SMILES string of the molecule is C[C@H]1OCCN(c2ccc(C(F)(F)F)cc2[N+](=O)[O-])[C@@H]1C(N)=O. The van der Waals surface area contributed by atoms with Gasteiger partial charge in [-0.1, -0.05) is 0 Å².